The number of rotatable bonds is 1. The van der Waals surface area contributed by atoms with E-state index >= 15 is 0 Å². The molecule has 1 amide bonds. The molecule has 26 heavy (non-hydrogen) atoms. The van der Waals surface area contributed by atoms with Crippen LogP contribution in [0.5, 0.6) is 0 Å². The molecule has 1 fully saturated rings. The SMILES string of the molecule is CN1C(NC(=O)OC(C)(C)C)=NC(c2cc(Br)ccc2F)C2(CC2)S1=O. The molecular weight excluding hydrogens is 425 g/mol. The number of alkyl carbamates (subject to hydrolysis) is 1. The highest BCUT2D eigenvalue weighted by Gasteiger charge is 2.60. The first-order valence-corrected chi connectivity index (χ1v) is 10.1. The topological polar surface area (TPSA) is 71.0 Å². The van der Waals surface area contributed by atoms with Gasteiger partial charge in [0.15, 0.2) is 0 Å². The van der Waals surface area contributed by atoms with E-state index in [0.29, 0.717) is 22.9 Å². The van der Waals surface area contributed by atoms with Gasteiger partial charge in [-0.3, -0.25) is 9.62 Å². The molecule has 2 unspecified atom stereocenters. The molecule has 0 radical (unpaired) electrons. The van der Waals surface area contributed by atoms with E-state index < -0.39 is 39.3 Å². The first kappa shape index (κ1) is 19.3. The lowest BCUT2D eigenvalue weighted by Gasteiger charge is -2.35. The number of halogens is 2. The number of carbonyl (C=O) groups is 1. The first-order valence-electron chi connectivity index (χ1n) is 8.22. The monoisotopic (exact) mass is 445 g/mol. The van der Waals surface area contributed by atoms with E-state index in [4.69, 9.17) is 4.74 Å². The van der Waals surface area contributed by atoms with Crippen molar-refractivity contribution in [1.29, 1.82) is 0 Å². The Labute approximate surface area is 162 Å². The maximum absolute atomic E-state index is 14.4. The van der Waals surface area contributed by atoms with Gasteiger partial charge in [0.2, 0.25) is 5.96 Å². The van der Waals surface area contributed by atoms with Crippen LogP contribution in [0.15, 0.2) is 27.7 Å². The molecule has 0 saturated heterocycles. The molecule has 3 rings (SSSR count). The summed E-state index contributed by atoms with van der Waals surface area (Å²) in [6.45, 7) is 5.24. The van der Waals surface area contributed by atoms with Crippen LogP contribution in [0.2, 0.25) is 0 Å². The lowest BCUT2D eigenvalue weighted by atomic mass is 10.0. The van der Waals surface area contributed by atoms with Gasteiger partial charge in [-0.2, -0.15) is 0 Å². The first-order chi connectivity index (χ1) is 12.0. The second-order valence-electron chi connectivity index (χ2n) is 7.46. The molecule has 0 aromatic heterocycles. The maximum atomic E-state index is 14.4. The maximum Gasteiger partial charge on any atom is 0.414 e. The predicted molar refractivity (Wildman–Crippen MR) is 102 cm³/mol. The van der Waals surface area contributed by atoms with E-state index in [1.54, 1.807) is 40.0 Å². The second kappa shape index (κ2) is 6.60. The number of guanidine groups is 1. The summed E-state index contributed by atoms with van der Waals surface area (Å²) in [5, 5.41) is 2.54. The molecule has 9 heteroatoms. The quantitative estimate of drug-likeness (QED) is 0.716. The van der Waals surface area contributed by atoms with Crippen LogP contribution in [0.3, 0.4) is 0 Å². The fourth-order valence-corrected chi connectivity index (χ4v) is 4.92. The Morgan fingerprint density at radius 1 is 1.46 bits per heavy atom. The van der Waals surface area contributed by atoms with Crippen molar-refractivity contribution in [1.82, 2.24) is 9.62 Å². The van der Waals surface area contributed by atoms with Gasteiger partial charge in [0, 0.05) is 17.1 Å². The Kier molecular flexibility index (Phi) is 4.89. The molecule has 1 spiro atoms. The van der Waals surface area contributed by atoms with Crippen molar-refractivity contribution in [3.8, 4) is 0 Å². The number of hydrogen-bond donors (Lipinski definition) is 1. The van der Waals surface area contributed by atoms with Crippen LogP contribution < -0.4 is 5.32 Å². The minimum absolute atomic E-state index is 0.111. The number of carbonyl (C=O) groups excluding carboxylic acids is 1. The lowest BCUT2D eigenvalue weighted by Crippen LogP contribution is -2.52. The number of nitrogens with one attached hydrogen (secondary N) is 1. The minimum Gasteiger partial charge on any atom is -0.444 e. The Morgan fingerprint density at radius 2 is 2.12 bits per heavy atom. The standard InChI is InChI=1S/C17H21BrFN3O3S/c1-16(2,3)25-15(23)21-14-20-13(11-9-10(18)5-6-12(11)19)17(7-8-17)26(24)22(14)4/h5-6,9,13H,7-8H2,1-4H3,(H,20,21,23). The van der Waals surface area contributed by atoms with Crippen LogP contribution >= 0.6 is 15.9 Å². The molecule has 1 N–H and O–H groups in total. The fraction of sp³-hybridized carbons (Fsp3) is 0.529. The summed E-state index contributed by atoms with van der Waals surface area (Å²) in [5.41, 5.74) is -0.313. The summed E-state index contributed by atoms with van der Waals surface area (Å²) in [6, 6.07) is 3.97. The van der Waals surface area contributed by atoms with Gasteiger partial charge in [0.25, 0.3) is 0 Å². The van der Waals surface area contributed by atoms with E-state index in [1.165, 1.54) is 10.4 Å². The van der Waals surface area contributed by atoms with Crippen LogP contribution in [0.4, 0.5) is 9.18 Å². The van der Waals surface area contributed by atoms with Gasteiger partial charge < -0.3 is 4.74 Å². The molecule has 1 heterocycles. The summed E-state index contributed by atoms with van der Waals surface area (Å²) in [6.07, 6.45) is 0.674. The van der Waals surface area contributed by atoms with Crippen LogP contribution in [0, 0.1) is 5.82 Å². The van der Waals surface area contributed by atoms with Crippen molar-refractivity contribution in [3.63, 3.8) is 0 Å². The van der Waals surface area contributed by atoms with E-state index in [0.717, 1.165) is 0 Å². The Morgan fingerprint density at radius 3 is 2.69 bits per heavy atom. The number of ether oxygens (including phenoxy) is 1. The van der Waals surface area contributed by atoms with Gasteiger partial charge in [-0.1, -0.05) is 15.9 Å². The molecule has 1 aliphatic heterocycles. The average Bonchev–Trinajstić information content (AvgIpc) is 3.31. The highest BCUT2D eigenvalue weighted by Crippen LogP contribution is 2.55. The van der Waals surface area contributed by atoms with Gasteiger partial charge in [-0.15, -0.1) is 0 Å². The number of aliphatic imine (C=N–C) groups is 1. The largest absolute Gasteiger partial charge is 0.444 e. The fourth-order valence-electron chi connectivity index (χ4n) is 2.92. The summed E-state index contributed by atoms with van der Waals surface area (Å²) in [5.74, 6) is -0.300. The van der Waals surface area contributed by atoms with E-state index in [1.807, 2.05) is 0 Å². The summed E-state index contributed by atoms with van der Waals surface area (Å²) < 4.78 is 34.2. The molecule has 2 atom stereocenters. The van der Waals surface area contributed by atoms with E-state index in [9.17, 15) is 13.4 Å². The third kappa shape index (κ3) is 3.64. The Bertz CT molecular complexity index is 805. The second-order valence-corrected chi connectivity index (χ2v) is 10.2. The van der Waals surface area contributed by atoms with Crippen molar-refractivity contribution < 1.29 is 18.1 Å². The van der Waals surface area contributed by atoms with Gasteiger partial charge in [0.1, 0.15) is 28.4 Å². The van der Waals surface area contributed by atoms with E-state index in [2.05, 4.69) is 26.2 Å². The predicted octanol–water partition coefficient (Wildman–Crippen LogP) is 3.65. The molecular formula is C17H21BrFN3O3S. The smallest absolute Gasteiger partial charge is 0.414 e. The van der Waals surface area contributed by atoms with Gasteiger partial charge >= 0.3 is 6.09 Å². The van der Waals surface area contributed by atoms with Gasteiger partial charge in [-0.05, 0) is 51.8 Å². The number of nitrogens with zero attached hydrogens (tertiary/aromatic N) is 2. The minimum atomic E-state index is -1.45. The molecule has 1 aromatic rings. The van der Waals surface area contributed by atoms with Gasteiger partial charge in [0.05, 0.1) is 4.75 Å². The van der Waals surface area contributed by atoms with Crippen molar-refractivity contribution in [2.75, 3.05) is 7.05 Å². The highest BCUT2D eigenvalue weighted by molar-refractivity contribution is 9.10. The molecule has 1 saturated carbocycles. The van der Waals surface area contributed by atoms with Crippen LogP contribution in [-0.4, -0.2) is 38.0 Å². The number of hydrogen-bond acceptors (Lipinski definition) is 4. The van der Waals surface area contributed by atoms with Gasteiger partial charge in [-0.25, -0.2) is 18.4 Å². The Balaban J connectivity index is 1.97. The summed E-state index contributed by atoms with van der Waals surface area (Å²) >= 11 is 3.35. The third-order valence-electron chi connectivity index (χ3n) is 4.25. The molecule has 6 nitrogen and oxygen atoms in total. The van der Waals surface area contributed by atoms with Crippen molar-refractivity contribution in [3.05, 3.63) is 34.1 Å². The zero-order valence-electron chi connectivity index (χ0n) is 15.0. The molecule has 2 aliphatic rings. The van der Waals surface area contributed by atoms with Crippen molar-refractivity contribution in [2.24, 2.45) is 4.99 Å². The lowest BCUT2D eigenvalue weighted by molar-refractivity contribution is 0.0559. The molecule has 1 aliphatic carbocycles. The third-order valence-corrected chi connectivity index (χ3v) is 6.74. The van der Waals surface area contributed by atoms with E-state index in [-0.39, 0.29) is 5.96 Å². The van der Waals surface area contributed by atoms with Crippen LogP contribution in [-0.2, 0) is 15.7 Å². The molecule has 142 valence electrons. The zero-order valence-corrected chi connectivity index (χ0v) is 17.4. The zero-order chi connectivity index (χ0) is 19.3. The molecule has 1 aromatic carbocycles. The van der Waals surface area contributed by atoms with Crippen molar-refractivity contribution >= 4 is 39.0 Å². The van der Waals surface area contributed by atoms with Crippen LogP contribution in [0.25, 0.3) is 0 Å². The summed E-state index contributed by atoms with van der Waals surface area (Å²) in [7, 11) is 0.148. The summed E-state index contributed by atoms with van der Waals surface area (Å²) in [4.78, 5) is 16.6. The van der Waals surface area contributed by atoms with Crippen LogP contribution in [0.1, 0.15) is 45.2 Å². The number of amides is 1. The molecule has 0 bridgehead atoms. The van der Waals surface area contributed by atoms with Crippen molar-refractivity contribution in [2.45, 2.75) is 50.0 Å². The normalized spacial score (nSPS) is 24.2. The highest BCUT2D eigenvalue weighted by atomic mass is 79.9. The number of benzene rings is 1. The average molecular weight is 446 g/mol. The Hall–Kier alpha value is -1.48.